The Hall–Kier alpha value is -0.0800. The topological polar surface area (TPSA) is 35.2 Å². The van der Waals surface area contributed by atoms with Crippen LogP contribution in [0.1, 0.15) is 20.8 Å². The average Bonchev–Trinajstić information content (AvgIpc) is 1.65. The maximum atomic E-state index is 5.40. The highest BCUT2D eigenvalue weighted by Crippen LogP contribution is 1.93. The Morgan fingerprint density at radius 3 is 2.12 bits per heavy atom. The Kier molecular flexibility index (Phi) is 3.83. The lowest BCUT2D eigenvalue weighted by atomic mass is 10.4. The van der Waals surface area contributed by atoms with Crippen molar-refractivity contribution in [1.29, 1.82) is 0 Å². The molecule has 0 aliphatic heterocycles. The highest BCUT2D eigenvalue weighted by molar-refractivity contribution is 4.64. The van der Waals surface area contributed by atoms with Crippen LogP contribution in [-0.4, -0.2) is 12.3 Å². The molecule has 49 valence electrons. The van der Waals surface area contributed by atoms with Crippen LogP contribution in [0.3, 0.4) is 0 Å². The van der Waals surface area contributed by atoms with Gasteiger partial charge in [-0.2, -0.15) is 0 Å². The molecule has 0 spiro atoms. The van der Waals surface area contributed by atoms with Crippen LogP contribution in [0.25, 0.3) is 0 Å². The van der Waals surface area contributed by atoms with E-state index in [-0.39, 0.29) is 12.3 Å². The van der Waals surface area contributed by atoms with Gasteiger partial charge in [0.1, 0.15) is 6.23 Å². The quantitative estimate of drug-likeness (QED) is 0.556. The summed E-state index contributed by atoms with van der Waals surface area (Å²) >= 11 is 0. The van der Waals surface area contributed by atoms with E-state index in [0.29, 0.717) is 0 Å². The second-order valence-corrected chi connectivity index (χ2v) is 1.98. The predicted octanol–water partition coefficient (Wildman–Crippen LogP) is 0.920. The molecule has 8 heavy (non-hydrogen) atoms. The van der Waals surface area contributed by atoms with Crippen molar-refractivity contribution in [3.63, 3.8) is 0 Å². The summed E-state index contributed by atoms with van der Waals surface area (Å²) in [4.78, 5) is 0. The average molecular weight is 116 g/mol. The third-order valence-corrected chi connectivity index (χ3v) is 0.758. The zero-order valence-electron chi connectivity index (χ0n) is 5.72. The fourth-order valence-electron chi connectivity index (χ4n) is 0.393. The van der Waals surface area contributed by atoms with E-state index < -0.39 is 0 Å². The maximum Gasteiger partial charge on any atom is 0.108 e. The molecular formula is C6H14NO. The first-order chi connectivity index (χ1) is 3.66. The summed E-state index contributed by atoms with van der Waals surface area (Å²) < 4.78 is 5.12. The van der Waals surface area contributed by atoms with Gasteiger partial charge in [-0.1, -0.05) is 6.92 Å². The van der Waals surface area contributed by atoms with E-state index in [2.05, 4.69) is 0 Å². The first-order valence-corrected chi connectivity index (χ1v) is 2.87. The molecular weight excluding hydrogens is 102 g/mol. The molecule has 0 aromatic rings. The van der Waals surface area contributed by atoms with Crippen molar-refractivity contribution in [3.8, 4) is 0 Å². The summed E-state index contributed by atoms with van der Waals surface area (Å²) in [5.41, 5.74) is 5.40. The molecule has 0 heterocycles. The minimum absolute atomic E-state index is 0.199. The van der Waals surface area contributed by atoms with Gasteiger partial charge in [0.2, 0.25) is 0 Å². The largest absolute Gasteiger partial charge is 0.361 e. The number of rotatable bonds is 3. The van der Waals surface area contributed by atoms with Crippen LogP contribution in [0.4, 0.5) is 0 Å². The Morgan fingerprint density at radius 2 is 2.00 bits per heavy atom. The summed E-state index contributed by atoms with van der Waals surface area (Å²) in [6, 6.07) is 0. The van der Waals surface area contributed by atoms with Crippen molar-refractivity contribution >= 4 is 0 Å². The molecule has 1 unspecified atom stereocenters. The lowest BCUT2D eigenvalue weighted by Crippen LogP contribution is -2.26. The molecule has 0 bridgehead atoms. The molecule has 0 amide bonds. The minimum atomic E-state index is -0.199. The van der Waals surface area contributed by atoms with E-state index in [1.165, 1.54) is 0 Å². The van der Waals surface area contributed by atoms with Gasteiger partial charge in [0, 0.05) is 6.42 Å². The second kappa shape index (κ2) is 3.87. The van der Waals surface area contributed by atoms with Crippen LogP contribution in [0.5, 0.6) is 0 Å². The molecule has 0 aromatic carbocycles. The molecule has 0 aromatic heterocycles. The van der Waals surface area contributed by atoms with Gasteiger partial charge in [-0.15, -0.1) is 0 Å². The summed E-state index contributed by atoms with van der Waals surface area (Å²) in [5, 5.41) is 0. The van der Waals surface area contributed by atoms with E-state index in [1.54, 1.807) is 0 Å². The van der Waals surface area contributed by atoms with Crippen LogP contribution in [-0.2, 0) is 4.74 Å². The van der Waals surface area contributed by atoms with Crippen molar-refractivity contribution in [2.75, 3.05) is 0 Å². The lowest BCUT2D eigenvalue weighted by Gasteiger charge is -2.12. The minimum Gasteiger partial charge on any atom is -0.361 e. The van der Waals surface area contributed by atoms with Gasteiger partial charge in [0.05, 0.1) is 6.10 Å². The van der Waals surface area contributed by atoms with E-state index in [4.69, 9.17) is 10.5 Å². The highest BCUT2D eigenvalue weighted by atomic mass is 16.5. The summed E-state index contributed by atoms with van der Waals surface area (Å²) in [6.45, 7) is 5.81. The van der Waals surface area contributed by atoms with Gasteiger partial charge in [0.25, 0.3) is 0 Å². The highest BCUT2D eigenvalue weighted by Gasteiger charge is 1.99. The zero-order chi connectivity index (χ0) is 6.57. The third kappa shape index (κ3) is 4.09. The summed E-state index contributed by atoms with van der Waals surface area (Å²) in [5.74, 6) is 0. The van der Waals surface area contributed by atoms with Crippen LogP contribution in [0.15, 0.2) is 0 Å². The monoisotopic (exact) mass is 116 g/mol. The Labute approximate surface area is 51.0 Å². The fourth-order valence-corrected chi connectivity index (χ4v) is 0.393. The lowest BCUT2D eigenvalue weighted by molar-refractivity contribution is 0.0307. The molecule has 1 radical (unpaired) electrons. The Balaban J connectivity index is 3.10. The normalized spacial score (nSPS) is 14.6. The summed E-state index contributed by atoms with van der Waals surface area (Å²) in [7, 11) is 0. The van der Waals surface area contributed by atoms with Gasteiger partial charge in [-0.3, -0.25) is 0 Å². The molecule has 0 rings (SSSR count). The maximum absolute atomic E-state index is 5.40. The molecule has 0 saturated carbocycles. The first-order valence-electron chi connectivity index (χ1n) is 2.87. The van der Waals surface area contributed by atoms with Crippen molar-refractivity contribution in [2.45, 2.75) is 33.1 Å². The third-order valence-electron chi connectivity index (χ3n) is 0.758. The molecule has 2 nitrogen and oxygen atoms in total. The predicted molar refractivity (Wildman–Crippen MR) is 34.2 cm³/mol. The Morgan fingerprint density at radius 1 is 1.50 bits per heavy atom. The molecule has 2 heteroatoms. The molecule has 0 aliphatic rings. The van der Waals surface area contributed by atoms with Gasteiger partial charge in [0.15, 0.2) is 0 Å². The van der Waals surface area contributed by atoms with Gasteiger partial charge in [-0.25, -0.2) is 0 Å². The number of nitrogens with two attached hydrogens (primary N) is 1. The van der Waals surface area contributed by atoms with Crippen molar-refractivity contribution in [1.82, 2.24) is 0 Å². The Bertz CT molecular complexity index is 54.5. The van der Waals surface area contributed by atoms with E-state index in [0.717, 1.165) is 0 Å². The van der Waals surface area contributed by atoms with Crippen molar-refractivity contribution in [2.24, 2.45) is 5.73 Å². The van der Waals surface area contributed by atoms with Gasteiger partial charge >= 0.3 is 0 Å². The van der Waals surface area contributed by atoms with E-state index in [1.807, 2.05) is 27.2 Å². The fraction of sp³-hybridized carbons (Fsp3) is 0.833. The second-order valence-electron chi connectivity index (χ2n) is 1.98. The zero-order valence-corrected chi connectivity index (χ0v) is 5.72. The molecule has 0 saturated heterocycles. The van der Waals surface area contributed by atoms with Gasteiger partial charge in [-0.05, 0) is 13.8 Å². The SMILES string of the molecule is C[CH]C(N)OC(C)C. The number of hydrogen-bond acceptors (Lipinski definition) is 2. The van der Waals surface area contributed by atoms with Crippen LogP contribution < -0.4 is 5.73 Å². The van der Waals surface area contributed by atoms with Crippen LogP contribution in [0.2, 0.25) is 0 Å². The van der Waals surface area contributed by atoms with Crippen LogP contribution in [0, 0.1) is 6.42 Å². The smallest absolute Gasteiger partial charge is 0.108 e. The van der Waals surface area contributed by atoms with E-state index in [9.17, 15) is 0 Å². The number of ether oxygens (including phenoxy) is 1. The summed E-state index contributed by atoms with van der Waals surface area (Å²) in [6.07, 6.45) is 1.84. The molecule has 0 fully saturated rings. The van der Waals surface area contributed by atoms with E-state index >= 15 is 0 Å². The number of hydrogen-bond donors (Lipinski definition) is 1. The van der Waals surface area contributed by atoms with Crippen molar-refractivity contribution < 1.29 is 4.74 Å². The molecule has 0 aliphatic carbocycles. The van der Waals surface area contributed by atoms with Crippen LogP contribution >= 0.6 is 0 Å². The van der Waals surface area contributed by atoms with Gasteiger partial charge < -0.3 is 10.5 Å². The van der Waals surface area contributed by atoms with Crippen molar-refractivity contribution in [3.05, 3.63) is 6.42 Å². The molecule has 1 atom stereocenters. The standard InChI is InChI=1S/C6H14NO/c1-4-6(7)8-5(2)3/h4-6H,7H2,1-3H3. The molecule has 2 N–H and O–H groups in total. The first kappa shape index (κ1) is 7.92.